The fourth-order valence-electron chi connectivity index (χ4n) is 9.10. The molecule has 3 nitrogen and oxygen atoms in total. The van der Waals surface area contributed by atoms with E-state index in [9.17, 15) is 9.59 Å². The van der Waals surface area contributed by atoms with E-state index < -0.39 is 0 Å². The normalized spacial score (nSPS) is 51.6. The molecule has 0 saturated heterocycles. The second-order valence-corrected chi connectivity index (χ2v) is 10.9. The molecule has 0 aromatic rings. The van der Waals surface area contributed by atoms with Crippen LogP contribution in [0.4, 0.5) is 0 Å². The Hall–Kier alpha value is -0.860. The van der Waals surface area contributed by atoms with Gasteiger partial charge >= 0.3 is 5.97 Å². The zero-order valence-electron chi connectivity index (χ0n) is 17.2. The Balaban J connectivity index is 1.38. The minimum Gasteiger partial charge on any atom is -0.463 e. The molecule has 0 aliphatic heterocycles. The van der Waals surface area contributed by atoms with Gasteiger partial charge < -0.3 is 4.74 Å². The van der Waals surface area contributed by atoms with Crippen molar-refractivity contribution in [3.05, 3.63) is 0 Å². The summed E-state index contributed by atoms with van der Waals surface area (Å²) in [4.78, 5) is 24.1. The SMILES string of the molecule is CC(=O)O[C@@H]1CC[C@]2(C)C3CC[C@]45CCCC(=O)[C@H]4CCC5C3CC[C@H]2C1. The van der Waals surface area contributed by atoms with E-state index in [4.69, 9.17) is 4.74 Å². The Morgan fingerprint density at radius 2 is 1.85 bits per heavy atom. The van der Waals surface area contributed by atoms with Crippen LogP contribution in [0, 0.1) is 40.4 Å². The Morgan fingerprint density at radius 1 is 1.00 bits per heavy atom. The summed E-state index contributed by atoms with van der Waals surface area (Å²) < 4.78 is 5.60. The van der Waals surface area contributed by atoms with Crippen LogP contribution >= 0.6 is 0 Å². The van der Waals surface area contributed by atoms with E-state index in [0.29, 0.717) is 22.5 Å². The molecule has 5 saturated carbocycles. The maximum atomic E-state index is 12.7. The van der Waals surface area contributed by atoms with Crippen molar-refractivity contribution >= 4 is 11.8 Å². The first-order valence-corrected chi connectivity index (χ1v) is 11.6. The van der Waals surface area contributed by atoms with Gasteiger partial charge in [0, 0.05) is 19.3 Å². The lowest BCUT2D eigenvalue weighted by molar-refractivity contribution is -0.163. The van der Waals surface area contributed by atoms with Gasteiger partial charge in [-0.3, -0.25) is 9.59 Å². The molecule has 0 radical (unpaired) electrons. The van der Waals surface area contributed by atoms with Gasteiger partial charge in [-0.25, -0.2) is 0 Å². The van der Waals surface area contributed by atoms with E-state index >= 15 is 0 Å². The molecule has 0 amide bonds. The molecule has 150 valence electrons. The van der Waals surface area contributed by atoms with Gasteiger partial charge in [0.05, 0.1) is 0 Å². The number of rotatable bonds is 1. The van der Waals surface area contributed by atoms with Crippen LogP contribution in [0.25, 0.3) is 0 Å². The van der Waals surface area contributed by atoms with Crippen LogP contribution in [0.3, 0.4) is 0 Å². The number of Topliss-reactive ketones (excluding diaryl/α,β-unsaturated/α-hetero) is 1. The molecule has 0 bridgehead atoms. The maximum Gasteiger partial charge on any atom is 0.302 e. The van der Waals surface area contributed by atoms with Gasteiger partial charge in [-0.2, -0.15) is 0 Å². The molecule has 0 aromatic heterocycles. The number of hydrogen-bond acceptors (Lipinski definition) is 3. The van der Waals surface area contributed by atoms with E-state index in [1.807, 2.05) is 0 Å². The quantitative estimate of drug-likeness (QED) is 0.586. The van der Waals surface area contributed by atoms with Gasteiger partial charge in [-0.15, -0.1) is 0 Å². The molecule has 0 N–H and O–H groups in total. The molecule has 8 atom stereocenters. The number of ketones is 1. The average molecular weight is 373 g/mol. The third kappa shape index (κ3) is 2.59. The first-order valence-electron chi connectivity index (χ1n) is 11.6. The second-order valence-electron chi connectivity index (χ2n) is 10.9. The van der Waals surface area contributed by atoms with Gasteiger partial charge in [0.1, 0.15) is 11.9 Å². The smallest absolute Gasteiger partial charge is 0.302 e. The number of carbonyl (C=O) groups excluding carboxylic acids is 2. The van der Waals surface area contributed by atoms with Crippen molar-refractivity contribution in [3.63, 3.8) is 0 Å². The van der Waals surface area contributed by atoms with Crippen molar-refractivity contribution in [1.82, 2.24) is 0 Å². The predicted molar refractivity (Wildman–Crippen MR) is 104 cm³/mol. The predicted octanol–water partition coefficient (Wildman–Crippen LogP) is 5.31. The molecule has 5 aliphatic carbocycles. The van der Waals surface area contributed by atoms with Gasteiger partial charge in [0.15, 0.2) is 0 Å². The third-order valence-electron chi connectivity index (χ3n) is 10.1. The third-order valence-corrected chi connectivity index (χ3v) is 10.1. The fourth-order valence-corrected chi connectivity index (χ4v) is 9.10. The minimum absolute atomic E-state index is 0.115. The molecule has 1 spiro atoms. The van der Waals surface area contributed by atoms with Crippen molar-refractivity contribution in [2.24, 2.45) is 40.4 Å². The van der Waals surface area contributed by atoms with Crippen molar-refractivity contribution in [2.45, 2.75) is 97.0 Å². The van der Waals surface area contributed by atoms with Crippen LogP contribution in [0.15, 0.2) is 0 Å². The monoisotopic (exact) mass is 372 g/mol. The first-order chi connectivity index (χ1) is 12.9. The molecule has 5 aliphatic rings. The molecular formula is C24H36O3. The van der Waals surface area contributed by atoms with Crippen molar-refractivity contribution < 1.29 is 14.3 Å². The number of carbonyl (C=O) groups is 2. The van der Waals surface area contributed by atoms with Crippen LogP contribution in [0.5, 0.6) is 0 Å². The summed E-state index contributed by atoms with van der Waals surface area (Å²) in [6.07, 6.45) is 14.6. The van der Waals surface area contributed by atoms with E-state index in [0.717, 1.165) is 49.4 Å². The highest BCUT2D eigenvalue weighted by atomic mass is 16.5. The summed E-state index contributed by atoms with van der Waals surface area (Å²) in [5, 5.41) is 0. The summed E-state index contributed by atoms with van der Waals surface area (Å²) in [6.45, 7) is 4.11. The van der Waals surface area contributed by atoms with E-state index in [1.165, 1.54) is 51.4 Å². The van der Waals surface area contributed by atoms with Gasteiger partial charge in [-0.05, 0) is 105 Å². The molecule has 5 rings (SSSR count). The van der Waals surface area contributed by atoms with Crippen LogP contribution in [0.2, 0.25) is 0 Å². The lowest BCUT2D eigenvalue weighted by atomic mass is 9.43. The van der Waals surface area contributed by atoms with Crippen molar-refractivity contribution in [3.8, 4) is 0 Å². The van der Waals surface area contributed by atoms with Crippen LogP contribution in [-0.4, -0.2) is 17.9 Å². The van der Waals surface area contributed by atoms with E-state index in [1.54, 1.807) is 6.92 Å². The van der Waals surface area contributed by atoms with E-state index in [-0.39, 0.29) is 12.1 Å². The molecule has 27 heavy (non-hydrogen) atoms. The number of esters is 1. The number of hydrogen-bond donors (Lipinski definition) is 0. The first kappa shape index (κ1) is 18.2. The van der Waals surface area contributed by atoms with Gasteiger partial charge in [0.2, 0.25) is 0 Å². The van der Waals surface area contributed by atoms with Crippen molar-refractivity contribution in [1.29, 1.82) is 0 Å². The summed E-state index contributed by atoms with van der Waals surface area (Å²) in [5.41, 5.74) is 0.812. The van der Waals surface area contributed by atoms with E-state index in [2.05, 4.69) is 6.92 Å². The van der Waals surface area contributed by atoms with Crippen LogP contribution < -0.4 is 0 Å². The molecule has 0 heterocycles. The average Bonchev–Trinajstić information content (AvgIpc) is 3.03. The Kier molecular flexibility index (Phi) is 4.26. The van der Waals surface area contributed by atoms with Gasteiger partial charge in [-0.1, -0.05) is 6.92 Å². The molecule has 0 aromatic carbocycles. The Labute approximate surface area is 164 Å². The number of fused-ring (bicyclic) bond motifs is 4. The Bertz CT molecular complexity index is 642. The largest absolute Gasteiger partial charge is 0.463 e. The van der Waals surface area contributed by atoms with Crippen LogP contribution in [0.1, 0.15) is 90.9 Å². The van der Waals surface area contributed by atoms with Crippen LogP contribution in [-0.2, 0) is 14.3 Å². The highest BCUT2D eigenvalue weighted by molar-refractivity contribution is 5.83. The lowest BCUT2D eigenvalue weighted by Gasteiger charge is -2.62. The summed E-state index contributed by atoms with van der Waals surface area (Å²) in [7, 11) is 0. The topological polar surface area (TPSA) is 43.4 Å². The maximum absolute atomic E-state index is 12.7. The standard InChI is InChI=1S/C24H36O3/c1-15(25)27-17-9-12-23(2)16(14-17)5-6-18-19(23)10-13-24-11-3-4-22(26)21(24)8-7-20(18)24/h16-21H,3-14H2,1-2H3/t16-,17+,18?,19?,20?,21+,23-,24-/m0/s1. The zero-order valence-corrected chi connectivity index (χ0v) is 17.2. The summed E-state index contributed by atoms with van der Waals surface area (Å²) in [6, 6.07) is 0. The number of ether oxygens (including phenoxy) is 1. The fraction of sp³-hybridized carbons (Fsp3) is 0.917. The molecule has 3 heteroatoms. The molecular weight excluding hydrogens is 336 g/mol. The summed E-state index contributed by atoms with van der Waals surface area (Å²) >= 11 is 0. The zero-order chi connectivity index (χ0) is 18.8. The highest BCUT2D eigenvalue weighted by Crippen LogP contribution is 2.69. The molecule has 5 fully saturated rings. The summed E-state index contributed by atoms with van der Waals surface area (Å²) in [5.74, 6) is 4.11. The Morgan fingerprint density at radius 3 is 2.67 bits per heavy atom. The molecule has 3 unspecified atom stereocenters. The van der Waals surface area contributed by atoms with Crippen molar-refractivity contribution in [2.75, 3.05) is 0 Å². The lowest BCUT2D eigenvalue weighted by Crippen LogP contribution is -2.55. The van der Waals surface area contributed by atoms with Gasteiger partial charge in [0.25, 0.3) is 0 Å². The minimum atomic E-state index is -0.115. The second kappa shape index (κ2) is 6.32. The highest BCUT2D eigenvalue weighted by Gasteiger charge is 2.63.